The van der Waals surface area contributed by atoms with E-state index >= 15 is 0 Å². The fourth-order valence-corrected chi connectivity index (χ4v) is 1.55. The summed E-state index contributed by atoms with van der Waals surface area (Å²) in [6.45, 7) is 1.71. The Kier molecular flexibility index (Phi) is 3.78. The van der Waals surface area contributed by atoms with Crippen LogP contribution >= 0.6 is 11.8 Å². The summed E-state index contributed by atoms with van der Waals surface area (Å²) in [6.07, 6.45) is 0. The zero-order valence-electron chi connectivity index (χ0n) is 7.10. The van der Waals surface area contributed by atoms with Gasteiger partial charge < -0.3 is 0 Å². The van der Waals surface area contributed by atoms with Crippen LogP contribution < -0.4 is 0 Å². The first kappa shape index (κ1) is 10.1. The molecule has 1 rings (SSSR count). The number of rotatable bonds is 2. The van der Waals surface area contributed by atoms with Gasteiger partial charge >= 0.3 is 0 Å². The van der Waals surface area contributed by atoms with Gasteiger partial charge in [0, 0.05) is 4.90 Å². The Morgan fingerprint density at radius 3 is 2.85 bits per heavy atom. The molecule has 0 N–H and O–H groups in total. The van der Waals surface area contributed by atoms with Gasteiger partial charge in [0.1, 0.15) is 11.6 Å². The highest BCUT2D eigenvalue weighted by Gasteiger charge is 2.02. The fraction of sp³-hybridized carbons (Fsp3) is 0.200. The van der Waals surface area contributed by atoms with E-state index in [0.29, 0.717) is 10.6 Å². The molecule has 0 heterocycles. The molecular formula is C10H8F2S. The summed E-state index contributed by atoms with van der Waals surface area (Å²) in [5, 5.41) is 0. The van der Waals surface area contributed by atoms with E-state index in [1.54, 1.807) is 6.92 Å². The van der Waals surface area contributed by atoms with Gasteiger partial charge in [0.25, 0.3) is 0 Å². The van der Waals surface area contributed by atoms with Gasteiger partial charge in [-0.25, -0.2) is 8.78 Å². The van der Waals surface area contributed by atoms with Crippen LogP contribution in [0.5, 0.6) is 0 Å². The second-order valence-corrected chi connectivity index (χ2v) is 3.31. The molecule has 1 aromatic rings. The molecule has 0 atom stereocenters. The van der Waals surface area contributed by atoms with Crippen LogP contribution in [0, 0.1) is 23.5 Å². The second-order valence-electron chi connectivity index (χ2n) is 2.29. The minimum atomic E-state index is -0.423. The summed E-state index contributed by atoms with van der Waals surface area (Å²) < 4.78 is 25.6. The molecule has 0 amide bonds. The van der Waals surface area contributed by atoms with Crippen molar-refractivity contribution in [2.24, 2.45) is 0 Å². The zero-order chi connectivity index (χ0) is 9.68. The van der Waals surface area contributed by atoms with Gasteiger partial charge in [-0.1, -0.05) is 5.92 Å². The number of benzene rings is 1. The summed E-state index contributed by atoms with van der Waals surface area (Å²) in [6, 6.07) is 3.40. The standard InChI is InChI=1S/C10H8F2S/c1-2-3-6-13-10-7-8(11)4-5-9(10)12/h4-5,7H,6H2,1H3. The van der Waals surface area contributed by atoms with Crippen molar-refractivity contribution in [1.29, 1.82) is 0 Å². The molecule has 0 aliphatic heterocycles. The molecular weight excluding hydrogens is 190 g/mol. The first-order valence-corrected chi connectivity index (χ1v) is 4.70. The van der Waals surface area contributed by atoms with Crippen LogP contribution in [0.2, 0.25) is 0 Å². The quantitative estimate of drug-likeness (QED) is 0.520. The predicted molar refractivity (Wildman–Crippen MR) is 50.5 cm³/mol. The normalized spacial score (nSPS) is 9.15. The van der Waals surface area contributed by atoms with Crippen LogP contribution in [0.25, 0.3) is 0 Å². The Morgan fingerprint density at radius 1 is 1.38 bits per heavy atom. The molecule has 0 bridgehead atoms. The van der Waals surface area contributed by atoms with E-state index in [-0.39, 0.29) is 0 Å². The third-order valence-corrected chi connectivity index (χ3v) is 2.28. The van der Waals surface area contributed by atoms with Crippen molar-refractivity contribution in [2.45, 2.75) is 11.8 Å². The first-order valence-electron chi connectivity index (χ1n) is 3.71. The van der Waals surface area contributed by atoms with Crippen molar-refractivity contribution in [3.63, 3.8) is 0 Å². The second kappa shape index (κ2) is 4.88. The summed E-state index contributed by atoms with van der Waals surface area (Å²) in [5.41, 5.74) is 0. The van der Waals surface area contributed by atoms with Gasteiger partial charge in [-0.05, 0) is 25.1 Å². The maximum atomic E-state index is 13.0. The molecule has 0 unspecified atom stereocenters. The highest BCUT2D eigenvalue weighted by atomic mass is 32.2. The highest BCUT2D eigenvalue weighted by Crippen LogP contribution is 2.21. The van der Waals surface area contributed by atoms with Crippen molar-refractivity contribution in [2.75, 3.05) is 5.75 Å². The first-order chi connectivity index (χ1) is 6.24. The third kappa shape index (κ3) is 3.08. The lowest BCUT2D eigenvalue weighted by Crippen LogP contribution is -1.84. The monoisotopic (exact) mass is 198 g/mol. The van der Waals surface area contributed by atoms with Gasteiger partial charge in [0.05, 0.1) is 5.75 Å². The number of hydrogen-bond acceptors (Lipinski definition) is 1. The molecule has 3 heteroatoms. The van der Waals surface area contributed by atoms with Crippen LogP contribution in [0.1, 0.15) is 6.92 Å². The molecule has 0 nitrogen and oxygen atoms in total. The highest BCUT2D eigenvalue weighted by molar-refractivity contribution is 7.99. The lowest BCUT2D eigenvalue weighted by molar-refractivity contribution is 0.577. The smallest absolute Gasteiger partial charge is 0.136 e. The largest absolute Gasteiger partial charge is 0.207 e. The minimum absolute atomic E-state index is 0.308. The van der Waals surface area contributed by atoms with E-state index in [1.807, 2.05) is 0 Å². The van der Waals surface area contributed by atoms with Crippen molar-refractivity contribution < 1.29 is 8.78 Å². The van der Waals surface area contributed by atoms with E-state index in [4.69, 9.17) is 0 Å². The molecule has 1 aromatic carbocycles. The maximum Gasteiger partial charge on any atom is 0.136 e. The van der Waals surface area contributed by atoms with Crippen LogP contribution in [-0.2, 0) is 0 Å². The SMILES string of the molecule is CC#CCSc1cc(F)ccc1F. The number of halogens is 2. The lowest BCUT2D eigenvalue weighted by atomic mass is 10.3. The predicted octanol–water partition coefficient (Wildman–Crippen LogP) is 3.08. The average molecular weight is 198 g/mol. The molecule has 0 radical (unpaired) electrons. The van der Waals surface area contributed by atoms with Crippen LogP contribution in [0.3, 0.4) is 0 Å². The minimum Gasteiger partial charge on any atom is -0.207 e. The van der Waals surface area contributed by atoms with Gasteiger partial charge in [-0.2, -0.15) is 0 Å². The average Bonchev–Trinajstić information content (AvgIpc) is 2.11. The topological polar surface area (TPSA) is 0 Å². The molecule has 0 aromatic heterocycles. The Bertz CT molecular complexity index is 350. The van der Waals surface area contributed by atoms with Crippen LogP contribution in [0.4, 0.5) is 8.78 Å². The van der Waals surface area contributed by atoms with E-state index in [0.717, 1.165) is 12.1 Å². The van der Waals surface area contributed by atoms with E-state index in [1.165, 1.54) is 17.8 Å². The van der Waals surface area contributed by atoms with Gasteiger partial charge in [0.2, 0.25) is 0 Å². The Balaban J connectivity index is 2.73. The third-order valence-electron chi connectivity index (χ3n) is 1.37. The molecule has 68 valence electrons. The van der Waals surface area contributed by atoms with E-state index < -0.39 is 11.6 Å². The molecule has 0 fully saturated rings. The fourth-order valence-electron chi connectivity index (χ4n) is 0.774. The molecule has 0 spiro atoms. The zero-order valence-corrected chi connectivity index (χ0v) is 7.92. The maximum absolute atomic E-state index is 13.0. The lowest BCUT2D eigenvalue weighted by Gasteiger charge is -1.99. The van der Waals surface area contributed by atoms with Gasteiger partial charge in [0.15, 0.2) is 0 Å². The van der Waals surface area contributed by atoms with Crippen LogP contribution in [0.15, 0.2) is 23.1 Å². The summed E-state index contributed by atoms with van der Waals surface area (Å²) in [5.74, 6) is 5.11. The van der Waals surface area contributed by atoms with Crippen molar-refractivity contribution >= 4 is 11.8 Å². The van der Waals surface area contributed by atoms with Crippen molar-refractivity contribution in [1.82, 2.24) is 0 Å². The number of hydrogen-bond donors (Lipinski definition) is 0. The Hall–Kier alpha value is -1.01. The Labute approximate surface area is 80.3 Å². The van der Waals surface area contributed by atoms with Crippen molar-refractivity contribution in [3.8, 4) is 11.8 Å². The molecule has 0 aliphatic carbocycles. The molecule has 0 aliphatic rings. The van der Waals surface area contributed by atoms with Gasteiger partial charge in [-0.15, -0.1) is 17.7 Å². The summed E-state index contributed by atoms with van der Waals surface area (Å²) in [4.78, 5) is 0.308. The van der Waals surface area contributed by atoms with Gasteiger partial charge in [-0.3, -0.25) is 0 Å². The summed E-state index contributed by atoms with van der Waals surface area (Å²) >= 11 is 1.20. The molecule has 0 saturated carbocycles. The van der Waals surface area contributed by atoms with E-state index in [2.05, 4.69) is 11.8 Å². The summed E-state index contributed by atoms with van der Waals surface area (Å²) in [7, 11) is 0. The van der Waals surface area contributed by atoms with Crippen LogP contribution in [-0.4, -0.2) is 5.75 Å². The Morgan fingerprint density at radius 2 is 2.15 bits per heavy atom. The molecule has 13 heavy (non-hydrogen) atoms. The van der Waals surface area contributed by atoms with E-state index in [9.17, 15) is 8.78 Å². The van der Waals surface area contributed by atoms with Crippen molar-refractivity contribution in [3.05, 3.63) is 29.8 Å². The molecule has 0 saturated heterocycles. The number of thioether (sulfide) groups is 1.